The number of halogens is 3. The van der Waals surface area contributed by atoms with E-state index < -0.39 is 11.9 Å². The van der Waals surface area contributed by atoms with Crippen molar-refractivity contribution >= 4 is 11.5 Å². The van der Waals surface area contributed by atoms with Gasteiger partial charge in [-0.2, -0.15) is 13.2 Å². The molecular formula is C13H13F3N4. The van der Waals surface area contributed by atoms with Crippen LogP contribution in [0.5, 0.6) is 0 Å². The highest BCUT2D eigenvalue weighted by molar-refractivity contribution is 5.44. The summed E-state index contributed by atoms with van der Waals surface area (Å²) < 4.78 is 37.1. The number of aromatic nitrogens is 2. The Bertz CT molecular complexity index is 581. The second kappa shape index (κ2) is 5.36. The van der Waals surface area contributed by atoms with Gasteiger partial charge in [-0.05, 0) is 36.8 Å². The van der Waals surface area contributed by atoms with Gasteiger partial charge in [-0.15, -0.1) is 10.2 Å². The Balaban J connectivity index is 2.10. The Morgan fingerprint density at radius 3 is 2.45 bits per heavy atom. The molecule has 0 fully saturated rings. The lowest BCUT2D eigenvalue weighted by atomic mass is 10.1. The van der Waals surface area contributed by atoms with Crippen LogP contribution in [-0.2, 0) is 6.18 Å². The first kappa shape index (κ1) is 14.1. The standard InChI is InChI=1S/C13H13F3N4/c1-8(9-3-2-4-10(17)7-9)18-12-6-5-11(19-20-12)13(14,15)16/h2-8H,17H2,1H3,(H,18,20). The predicted octanol–water partition coefficient (Wildman–Crippen LogP) is 3.25. The van der Waals surface area contributed by atoms with Crippen LogP contribution in [0.3, 0.4) is 0 Å². The number of hydrogen-bond donors (Lipinski definition) is 2. The van der Waals surface area contributed by atoms with Crippen molar-refractivity contribution in [2.45, 2.75) is 19.1 Å². The molecular weight excluding hydrogens is 269 g/mol. The number of nitrogen functional groups attached to an aromatic ring is 1. The van der Waals surface area contributed by atoms with Crippen molar-refractivity contribution in [3.8, 4) is 0 Å². The fourth-order valence-corrected chi connectivity index (χ4v) is 1.69. The molecule has 1 unspecified atom stereocenters. The lowest BCUT2D eigenvalue weighted by molar-refractivity contribution is -0.141. The van der Waals surface area contributed by atoms with Crippen molar-refractivity contribution < 1.29 is 13.2 Å². The Morgan fingerprint density at radius 2 is 1.90 bits per heavy atom. The van der Waals surface area contributed by atoms with E-state index in [1.807, 2.05) is 13.0 Å². The summed E-state index contributed by atoms with van der Waals surface area (Å²) in [5.74, 6) is 0.271. The fourth-order valence-electron chi connectivity index (χ4n) is 1.69. The minimum absolute atomic E-state index is 0.149. The lowest BCUT2D eigenvalue weighted by Crippen LogP contribution is -2.12. The number of benzene rings is 1. The quantitative estimate of drug-likeness (QED) is 0.848. The largest absolute Gasteiger partial charge is 0.435 e. The van der Waals surface area contributed by atoms with E-state index in [1.54, 1.807) is 18.2 Å². The molecule has 0 saturated heterocycles. The van der Waals surface area contributed by atoms with Crippen LogP contribution in [0, 0.1) is 0 Å². The first-order valence-electron chi connectivity index (χ1n) is 5.89. The summed E-state index contributed by atoms with van der Waals surface area (Å²) >= 11 is 0. The smallest absolute Gasteiger partial charge is 0.399 e. The summed E-state index contributed by atoms with van der Waals surface area (Å²) in [6, 6.07) is 9.21. The Hall–Kier alpha value is -2.31. The first-order chi connectivity index (χ1) is 9.36. The van der Waals surface area contributed by atoms with Crippen molar-refractivity contribution in [3.05, 3.63) is 47.7 Å². The van der Waals surface area contributed by atoms with Gasteiger partial charge in [-0.25, -0.2) is 0 Å². The van der Waals surface area contributed by atoms with Gasteiger partial charge in [0.2, 0.25) is 0 Å². The summed E-state index contributed by atoms with van der Waals surface area (Å²) in [6.45, 7) is 1.86. The van der Waals surface area contributed by atoms with E-state index in [9.17, 15) is 13.2 Å². The average Bonchev–Trinajstić information content (AvgIpc) is 2.38. The molecule has 2 aromatic rings. The van der Waals surface area contributed by atoms with Crippen molar-refractivity contribution in [2.24, 2.45) is 0 Å². The van der Waals surface area contributed by atoms with Gasteiger partial charge in [0.1, 0.15) is 5.82 Å². The van der Waals surface area contributed by atoms with Crippen LogP contribution in [0.2, 0.25) is 0 Å². The van der Waals surface area contributed by atoms with Gasteiger partial charge in [0.25, 0.3) is 0 Å². The van der Waals surface area contributed by atoms with Crippen LogP contribution in [0.4, 0.5) is 24.7 Å². The molecule has 4 nitrogen and oxygen atoms in total. The zero-order valence-electron chi connectivity index (χ0n) is 10.6. The van der Waals surface area contributed by atoms with Gasteiger partial charge >= 0.3 is 6.18 Å². The molecule has 1 atom stereocenters. The minimum Gasteiger partial charge on any atom is -0.399 e. The molecule has 0 aliphatic carbocycles. The third kappa shape index (κ3) is 3.37. The first-order valence-corrected chi connectivity index (χ1v) is 5.89. The van der Waals surface area contributed by atoms with E-state index in [0.29, 0.717) is 5.69 Å². The summed E-state index contributed by atoms with van der Waals surface area (Å²) in [6.07, 6.45) is -4.48. The predicted molar refractivity (Wildman–Crippen MR) is 69.9 cm³/mol. The summed E-state index contributed by atoms with van der Waals surface area (Å²) in [7, 11) is 0. The third-order valence-corrected chi connectivity index (χ3v) is 2.73. The van der Waals surface area contributed by atoms with E-state index in [2.05, 4.69) is 15.5 Å². The maximum Gasteiger partial charge on any atom is 0.435 e. The van der Waals surface area contributed by atoms with Crippen LogP contribution < -0.4 is 11.1 Å². The second-order valence-corrected chi connectivity index (χ2v) is 4.34. The molecule has 0 aliphatic rings. The second-order valence-electron chi connectivity index (χ2n) is 4.34. The molecule has 20 heavy (non-hydrogen) atoms. The molecule has 1 aromatic carbocycles. The average molecular weight is 282 g/mol. The van der Waals surface area contributed by atoms with E-state index in [4.69, 9.17) is 5.73 Å². The van der Waals surface area contributed by atoms with E-state index in [0.717, 1.165) is 11.6 Å². The molecule has 0 spiro atoms. The summed E-state index contributed by atoms with van der Waals surface area (Å²) in [4.78, 5) is 0. The maximum atomic E-state index is 12.4. The molecule has 1 aromatic heterocycles. The number of nitrogens with two attached hydrogens (primary N) is 1. The molecule has 0 bridgehead atoms. The van der Waals surface area contributed by atoms with Crippen LogP contribution in [0.25, 0.3) is 0 Å². The zero-order chi connectivity index (χ0) is 14.8. The van der Waals surface area contributed by atoms with Gasteiger partial charge in [-0.1, -0.05) is 12.1 Å². The molecule has 0 saturated carbocycles. The van der Waals surface area contributed by atoms with Gasteiger partial charge in [0, 0.05) is 5.69 Å². The summed E-state index contributed by atoms with van der Waals surface area (Å²) in [5, 5.41) is 9.64. The number of alkyl halides is 3. The van der Waals surface area contributed by atoms with Gasteiger partial charge in [-0.3, -0.25) is 0 Å². The Kier molecular flexibility index (Phi) is 3.78. The van der Waals surface area contributed by atoms with E-state index >= 15 is 0 Å². The molecule has 1 heterocycles. The molecule has 7 heteroatoms. The van der Waals surface area contributed by atoms with Crippen LogP contribution in [0.15, 0.2) is 36.4 Å². The normalized spacial score (nSPS) is 13.0. The lowest BCUT2D eigenvalue weighted by Gasteiger charge is -2.15. The van der Waals surface area contributed by atoms with Crippen molar-refractivity contribution in [1.82, 2.24) is 10.2 Å². The molecule has 2 rings (SSSR count). The topological polar surface area (TPSA) is 63.8 Å². The van der Waals surface area contributed by atoms with Crippen molar-refractivity contribution in [2.75, 3.05) is 11.1 Å². The number of nitrogens with one attached hydrogen (secondary N) is 1. The third-order valence-electron chi connectivity index (χ3n) is 2.73. The molecule has 0 radical (unpaired) electrons. The monoisotopic (exact) mass is 282 g/mol. The number of rotatable bonds is 3. The molecule has 106 valence electrons. The zero-order valence-corrected chi connectivity index (χ0v) is 10.6. The fraction of sp³-hybridized carbons (Fsp3) is 0.231. The molecule has 0 amide bonds. The highest BCUT2D eigenvalue weighted by atomic mass is 19.4. The van der Waals surface area contributed by atoms with Crippen molar-refractivity contribution in [3.63, 3.8) is 0 Å². The number of nitrogens with zero attached hydrogens (tertiary/aromatic N) is 2. The number of hydrogen-bond acceptors (Lipinski definition) is 4. The maximum absolute atomic E-state index is 12.4. The van der Waals surface area contributed by atoms with Gasteiger partial charge in [0.05, 0.1) is 6.04 Å². The minimum atomic E-state index is -4.48. The SMILES string of the molecule is CC(Nc1ccc(C(F)(F)F)nn1)c1cccc(N)c1. The van der Waals surface area contributed by atoms with Gasteiger partial charge < -0.3 is 11.1 Å². The van der Waals surface area contributed by atoms with Crippen LogP contribution in [-0.4, -0.2) is 10.2 Å². The Morgan fingerprint density at radius 1 is 1.15 bits per heavy atom. The number of anilines is 2. The van der Waals surface area contributed by atoms with E-state index in [-0.39, 0.29) is 11.9 Å². The Labute approximate surface area is 113 Å². The molecule has 3 N–H and O–H groups in total. The van der Waals surface area contributed by atoms with Crippen LogP contribution >= 0.6 is 0 Å². The molecule has 0 aliphatic heterocycles. The summed E-state index contributed by atoms with van der Waals surface area (Å²) in [5.41, 5.74) is 6.19. The van der Waals surface area contributed by atoms with Crippen LogP contribution in [0.1, 0.15) is 24.2 Å². The highest BCUT2D eigenvalue weighted by Crippen LogP contribution is 2.27. The van der Waals surface area contributed by atoms with E-state index in [1.165, 1.54) is 6.07 Å². The van der Waals surface area contributed by atoms with Gasteiger partial charge in [0.15, 0.2) is 5.69 Å². The van der Waals surface area contributed by atoms with Crippen molar-refractivity contribution in [1.29, 1.82) is 0 Å². The highest BCUT2D eigenvalue weighted by Gasteiger charge is 2.32.